The molecular weight excluding hydrogens is 499 g/mol. The van der Waals surface area contributed by atoms with Crippen LogP contribution in [0.2, 0.25) is 5.02 Å². The van der Waals surface area contributed by atoms with Crippen molar-refractivity contribution in [2.45, 2.75) is 12.7 Å². The molecule has 0 atom stereocenters. The van der Waals surface area contributed by atoms with E-state index in [1.807, 2.05) is 0 Å². The van der Waals surface area contributed by atoms with E-state index in [-0.39, 0.29) is 17.8 Å². The van der Waals surface area contributed by atoms with Gasteiger partial charge in [0.05, 0.1) is 23.4 Å². The third-order valence-corrected chi connectivity index (χ3v) is 5.77. The molecular formula is C23H15ClF3N7O2. The van der Waals surface area contributed by atoms with Gasteiger partial charge in [0.25, 0.3) is 5.56 Å². The molecule has 0 bridgehead atoms. The summed E-state index contributed by atoms with van der Waals surface area (Å²) >= 11 is 6.03. The molecule has 36 heavy (non-hydrogen) atoms. The number of fused-ring (bicyclic) bond motifs is 1. The van der Waals surface area contributed by atoms with E-state index in [1.165, 1.54) is 25.6 Å². The molecule has 0 spiro atoms. The van der Waals surface area contributed by atoms with Crippen molar-refractivity contribution in [2.24, 2.45) is 7.05 Å². The maximum absolute atomic E-state index is 13.5. The van der Waals surface area contributed by atoms with Gasteiger partial charge in [0.2, 0.25) is 0 Å². The molecule has 0 saturated heterocycles. The lowest BCUT2D eigenvalue weighted by Crippen LogP contribution is -2.33. The van der Waals surface area contributed by atoms with Crippen LogP contribution in [0.15, 0.2) is 70.8 Å². The van der Waals surface area contributed by atoms with Crippen LogP contribution in [0.1, 0.15) is 11.3 Å². The van der Waals surface area contributed by atoms with Gasteiger partial charge >= 0.3 is 11.9 Å². The lowest BCUT2D eigenvalue weighted by atomic mass is 10.00. The largest absolute Gasteiger partial charge is 0.433 e. The second-order valence-corrected chi connectivity index (χ2v) is 8.24. The van der Waals surface area contributed by atoms with Crippen molar-refractivity contribution in [3.8, 4) is 22.4 Å². The van der Waals surface area contributed by atoms with Crippen LogP contribution in [-0.4, -0.2) is 33.9 Å². The predicted molar refractivity (Wildman–Crippen MR) is 125 cm³/mol. The molecule has 9 nitrogen and oxygen atoms in total. The number of hydrogen-bond acceptors (Lipinski definition) is 6. The third kappa shape index (κ3) is 4.05. The van der Waals surface area contributed by atoms with Crippen molar-refractivity contribution in [3.05, 3.63) is 98.3 Å². The fourth-order valence-corrected chi connectivity index (χ4v) is 3.95. The smallest absolute Gasteiger partial charge is 0.267 e. The summed E-state index contributed by atoms with van der Waals surface area (Å²) in [5.74, 6) is 0. The Balaban J connectivity index is 1.74. The molecule has 1 aromatic carbocycles. The quantitative estimate of drug-likeness (QED) is 0.365. The number of pyridine rings is 1. The van der Waals surface area contributed by atoms with E-state index < -0.39 is 23.1 Å². The molecule has 4 heterocycles. The molecule has 0 radical (unpaired) electrons. The van der Waals surface area contributed by atoms with E-state index in [4.69, 9.17) is 11.6 Å². The molecule has 0 amide bonds. The molecule has 0 aliphatic carbocycles. The predicted octanol–water partition coefficient (Wildman–Crippen LogP) is 3.43. The van der Waals surface area contributed by atoms with E-state index in [1.54, 1.807) is 30.3 Å². The summed E-state index contributed by atoms with van der Waals surface area (Å²) in [4.78, 5) is 38.4. The maximum atomic E-state index is 13.5. The zero-order valence-electron chi connectivity index (χ0n) is 18.4. The molecule has 0 unspecified atom stereocenters. The Labute approximate surface area is 205 Å². The zero-order chi connectivity index (χ0) is 25.6. The van der Waals surface area contributed by atoms with Crippen LogP contribution in [-0.2, 0) is 19.8 Å². The summed E-state index contributed by atoms with van der Waals surface area (Å²) < 4.78 is 41.8. The van der Waals surface area contributed by atoms with Gasteiger partial charge in [0.1, 0.15) is 12.0 Å². The second kappa shape index (κ2) is 8.72. The Morgan fingerprint density at radius 3 is 2.33 bits per heavy atom. The summed E-state index contributed by atoms with van der Waals surface area (Å²) in [6.45, 7) is -0.167. The average molecular weight is 514 g/mol. The minimum Gasteiger partial charge on any atom is -0.267 e. The highest BCUT2D eigenvalue weighted by Crippen LogP contribution is 2.31. The average Bonchev–Trinajstić information content (AvgIpc) is 3.18. The zero-order valence-corrected chi connectivity index (χ0v) is 19.2. The molecule has 0 aliphatic rings. The normalized spacial score (nSPS) is 11.8. The van der Waals surface area contributed by atoms with Crippen molar-refractivity contribution in [3.63, 3.8) is 0 Å². The van der Waals surface area contributed by atoms with Crippen LogP contribution in [0.3, 0.4) is 0 Å². The van der Waals surface area contributed by atoms with Crippen LogP contribution in [0.5, 0.6) is 0 Å². The van der Waals surface area contributed by atoms with Crippen molar-refractivity contribution in [1.29, 1.82) is 0 Å². The fraction of sp³-hybridized carbons (Fsp3) is 0.130. The first-order valence-electron chi connectivity index (χ1n) is 10.4. The number of rotatable bonds is 4. The number of aryl methyl sites for hydroxylation is 1. The van der Waals surface area contributed by atoms with E-state index in [9.17, 15) is 22.8 Å². The number of benzene rings is 1. The second-order valence-electron chi connectivity index (χ2n) is 7.81. The van der Waals surface area contributed by atoms with Crippen LogP contribution in [0.4, 0.5) is 13.2 Å². The Morgan fingerprint density at radius 1 is 0.972 bits per heavy atom. The van der Waals surface area contributed by atoms with Crippen LogP contribution in [0.25, 0.3) is 28.0 Å². The highest BCUT2D eigenvalue weighted by molar-refractivity contribution is 6.30. The van der Waals surface area contributed by atoms with Gasteiger partial charge in [-0.05, 0) is 35.4 Å². The summed E-state index contributed by atoms with van der Waals surface area (Å²) in [6.07, 6.45) is -0.757. The van der Waals surface area contributed by atoms with Gasteiger partial charge in [-0.25, -0.2) is 24.1 Å². The van der Waals surface area contributed by atoms with Crippen LogP contribution in [0, 0.1) is 0 Å². The number of hydrogen-bond donors (Lipinski definition) is 0. The van der Waals surface area contributed by atoms with E-state index in [0.29, 0.717) is 27.4 Å². The van der Waals surface area contributed by atoms with Gasteiger partial charge in [0.15, 0.2) is 5.65 Å². The van der Waals surface area contributed by atoms with Gasteiger partial charge in [-0.1, -0.05) is 29.8 Å². The van der Waals surface area contributed by atoms with Gasteiger partial charge in [-0.15, -0.1) is 5.10 Å². The minimum absolute atomic E-state index is 0.130. The Kier molecular flexibility index (Phi) is 5.67. The lowest BCUT2D eigenvalue weighted by molar-refractivity contribution is -0.141. The molecule has 5 aromatic rings. The van der Waals surface area contributed by atoms with E-state index in [0.717, 1.165) is 26.1 Å². The number of nitrogens with zero attached hydrogens (tertiary/aromatic N) is 7. The first-order valence-corrected chi connectivity index (χ1v) is 10.8. The Bertz CT molecular complexity index is 1690. The highest BCUT2D eigenvalue weighted by atomic mass is 35.5. The Morgan fingerprint density at radius 2 is 1.72 bits per heavy atom. The Hall–Kier alpha value is -4.32. The number of halogens is 4. The topological polar surface area (TPSA) is 100.0 Å². The van der Waals surface area contributed by atoms with Gasteiger partial charge in [0, 0.05) is 24.5 Å². The molecule has 4 aromatic heterocycles. The van der Waals surface area contributed by atoms with Crippen molar-refractivity contribution in [2.75, 3.05) is 0 Å². The summed E-state index contributed by atoms with van der Waals surface area (Å²) in [5, 5.41) is 4.91. The van der Waals surface area contributed by atoms with Crippen LogP contribution < -0.4 is 11.2 Å². The third-order valence-electron chi connectivity index (χ3n) is 5.52. The van der Waals surface area contributed by atoms with Crippen molar-refractivity contribution < 1.29 is 13.2 Å². The summed E-state index contributed by atoms with van der Waals surface area (Å²) in [5.41, 5.74) is -0.326. The van der Waals surface area contributed by atoms with Crippen molar-refractivity contribution in [1.82, 2.24) is 33.9 Å². The summed E-state index contributed by atoms with van der Waals surface area (Å²) in [7, 11) is 1.42. The highest BCUT2D eigenvalue weighted by Gasteiger charge is 2.32. The molecule has 0 fully saturated rings. The molecule has 0 saturated carbocycles. The number of alkyl halides is 3. The standard InChI is InChI=1S/C23H15ClF3N7O2/c1-32-21(35)18(14-3-5-15(24)6-4-14)19(16-8-9-28-12-30-16)20-31-33(22(36)34(20)32)11-13-2-7-17(29-10-13)23(25,26)27/h2-10,12H,11H2,1H3. The minimum atomic E-state index is -4.58. The van der Waals surface area contributed by atoms with E-state index >= 15 is 0 Å². The first kappa shape index (κ1) is 23.4. The fourth-order valence-electron chi connectivity index (χ4n) is 3.82. The monoisotopic (exact) mass is 513 g/mol. The molecule has 13 heteroatoms. The van der Waals surface area contributed by atoms with Gasteiger partial charge in [-0.3, -0.25) is 9.78 Å². The van der Waals surface area contributed by atoms with E-state index in [2.05, 4.69) is 20.1 Å². The van der Waals surface area contributed by atoms with Gasteiger partial charge in [-0.2, -0.15) is 17.7 Å². The van der Waals surface area contributed by atoms with Crippen molar-refractivity contribution >= 4 is 17.2 Å². The van der Waals surface area contributed by atoms with Crippen LogP contribution >= 0.6 is 11.6 Å². The maximum Gasteiger partial charge on any atom is 0.433 e. The molecule has 0 N–H and O–H groups in total. The molecule has 5 rings (SSSR count). The molecule has 182 valence electrons. The first-order chi connectivity index (χ1) is 17.1. The lowest BCUT2D eigenvalue weighted by Gasteiger charge is -2.12. The van der Waals surface area contributed by atoms with Gasteiger partial charge < -0.3 is 0 Å². The summed E-state index contributed by atoms with van der Waals surface area (Å²) in [6, 6.07) is 10.2. The SMILES string of the molecule is Cn1c(=O)c(-c2ccc(Cl)cc2)c(-c2ccncn2)c2nn(Cc3ccc(C(F)(F)F)nc3)c(=O)n21. The molecule has 0 aliphatic heterocycles. The number of aromatic nitrogens is 7.